The summed E-state index contributed by atoms with van der Waals surface area (Å²) in [4.78, 5) is 12.1. The zero-order valence-corrected chi connectivity index (χ0v) is 12.1. The fraction of sp³-hybridized carbons (Fsp3) is 0.333. The predicted molar refractivity (Wildman–Crippen MR) is 70.6 cm³/mol. The van der Waals surface area contributed by atoms with E-state index in [2.05, 4.69) is 26.1 Å². The monoisotopic (exact) mass is 322 g/mol. The minimum atomic E-state index is -0.362. The third-order valence-electron chi connectivity index (χ3n) is 2.72. The molecule has 0 bridgehead atoms. The molecule has 0 aromatic carbocycles. The molecular formula is C12H11BrN4O2. The van der Waals surface area contributed by atoms with Gasteiger partial charge in [-0.15, -0.1) is 10.2 Å². The number of aromatic nitrogens is 3. The van der Waals surface area contributed by atoms with E-state index in [1.54, 1.807) is 6.92 Å². The highest BCUT2D eigenvalue weighted by Crippen LogP contribution is 2.16. The summed E-state index contributed by atoms with van der Waals surface area (Å²) in [5.41, 5.74) is 0.424. The molecule has 2 aromatic rings. The number of halogens is 1. The number of pyridine rings is 1. The van der Waals surface area contributed by atoms with Crippen molar-refractivity contribution in [2.24, 2.45) is 0 Å². The van der Waals surface area contributed by atoms with Crippen molar-refractivity contribution in [3.05, 3.63) is 43.9 Å². The van der Waals surface area contributed by atoms with Crippen LogP contribution in [0.5, 0.6) is 0 Å². The molecule has 0 aliphatic rings. The summed E-state index contributed by atoms with van der Waals surface area (Å²) in [6.07, 6.45) is 0.642. The lowest BCUT2D eigenvalue weighted by atomic mass is 10.2. The molecule has 0 radical (unpaired) electrons. The van der Waals surface area contributed by atoms with Gasteiger partial charge >= 0.3 is 0 Å². The van der Waals surface area contributed by atoms with E-state index in [1.165, 1.54) is 10.6 Å². The van der Waals surface area contributed by atoms with Gasteiger partial charge in [-0.1, -0.05) is 6.92 Å². The van der Waals surface area contributed by atoms with E-state index in [0.29, 0.717) is 28.4 Å². The van der Waals surface area contributed by atoms with Gasteiger partial charge in [0.05, 0.1) is 0 Å². The number of hydrogen-bond acceptors (Lipinski definition) is 5. The second-order valence-electron chi connectivity index (χ2n) is 3.94. The normalized spacial score (nSPS) is 10.4. The van der Waals surface area contributed by atoms with Crippen molar-refractivity contribution >= 4 is 15.9 Å². The number of hydrogen-bond donors (Lipinski definition) is 0. The Hall–Kier alpha value is -1.94. The SMILES string of the molecule is CCc1nnc(Cn2c(C)c(Br)cc(C#N)c2=O)o1. The lowest BCUT2D eigenvalue weighted by Crippen LogP contribution is -2.25. The van der Waals surface area contributed by atoms with Gasteiger partial charge in [0.2, 0.25) is 11.8 Å². The van der Waals surface area contributed by atoms with Crippen molar-refractivity contribution in [1.29, 1.82) is 5.26 Å². The van der Waals surface area contributed by atoms with Gasteiger partial charge in [-0.05, 0) is 28.9 Å². The molecule has 6 nitrogen and oxygen atoms in total. The highest BCUT2D eigenvalue weighted by Gasteiger charge is 2.13. The van der Waals surface area contributed by atoms with E-state index in [1.807, 2.05) is 13.0 Å². The molecule has 19 heavy (non-hydrogen) atoms. The van der Waals surface area contributed by atoms with Crippen LogP contribution in [0.2, 0.25) is 0 Å². The van der Waals surface area contributed by atoms with Gasteiger partial charge in [-0.3, -0.25) is 4.79 Å². The highest BCUT2D eigenvalue weighted by molar-refractivity contribution is 9.10. The summed E-state index contributed by atoms with van der Waals surface area (Å²) in [5, 5.41) is 16.7. The van der Waals surface area contributed by atoms with Gasteiger partial charge in [0, 0.05) is 16.6 Å². The smallest absolute Gasteiger partial charge is 0.269 e. The third-order valence-corrected chi connectivity index (χ3v) is 3.52. The average molecular weight is 323 g/mol. The Morgan fingerprint density at radius 3 is 2.74 bits per heavy atom. The van der Waals surface area contributed by atoms with Crippen LogP contribution in [0, 0.1) is 18.3 Å². The summed E-state index contributed by atoms with van der Waals surface area (Å²) in [7, 11) is 0. The van der Waals surface area contributed by atoms with Crippen molar-refractivity contribution in [2.45, 2.75) is 26.8 Å². The van der Waals surface area contributed by atoms with Gasteiger partial charge in [0.15, 0.2) is 0 Å². The fourth-order valence-corrected chi connectivity index (χ4v) is 2.06. The van der Waals surface area contributed by atoms with Crippen LogP contribution in [0.1, 0.15) is 30.0 Å². The minimum absolute atomic E-state index is 0.0766. The number of aryl methyl sites for hydroxylation is 1. The van der Waals surface area contributed by atoms with Gasteiger partial charge in [0.1, 0.15) is 18.2 Å². The molecule has 0 amide bonds. The molecule has 7 heteroatoms. The van der Waals surface area contributed by atoms with Crippen LogP contribution in [0.3, 0.4) is 0 Å². The zero-order valence-electron chi connectivity index (χ0n) is 10.5. The molecule has 98 valence electrons. The molecule has 0 fully saturated rings. The van der Waals surface area contributed by atoms with Gasteiger partial charge in [0.25, 0.3) is 5.56 Å². The molecule has 0 aliphatic heterocycles. The van der Waals surface area contributed by atoms with E-state index in [-0.39, 0.29) is 17.7 Å². The first kappa shape index (κ1) is 13.5. The molecule has 0 saturated carbocycles. The van der Waals surface area contributed by atoms with Crippen LogP contribution in [0.15, 0.2) is 19.8 Å². The van der Waals surface area contributed by atoms with E-state index in [9.17, 15) is 4.79 Å². The van der Waals surface area contributed by atoms with Crippen LogP contribution in [0.4, 0.5) is 0 Å². The first-order valence-electron chi connectivity index (χ1n) is 5.68. The second kappa shape index (κ2) is 5.36. The first-order chi connectivity index (χ1) is 9.06. The molecule has 2 aromatic heterocycles. The quantitative estimate of drug-likeness (QED) is 0.859. The van der Waals surface area contributed by atoms with Crippen LogP contribution in [-0.2, 0) is 13.0 Å². The molecule has 0 unspecified atom stereocenters. The number of nitrogens with zero attached hydrogens (tertiary/aromatic N) is 4. The number of nitriles is 1. The van der Waals surface area contributed by atoms with Crippen molar-refractivity contribution in [1.82, 2.24) is 14.8 Å². The van der Waals surface area contributed by atoms with Crippen molar-refractivity contribution in [3.8, 4) is 6.07 Å². The molecule has 0 saturated heterocycles. The minimum Gasteiger partial charge on any atom is -0.423 e. The molecule has 0 N–H and O–H groups in total. The third kappa shape index (κ3) is 2.58. The Morgan fingerprint density at radius 1 is 1.47 bits per heavy atom. The van der Waals surface area contributed by atoms with E-state index >= 15 is 0 Å². The van der Waals surface area contributed by atoms with Crippen LogP contribution in [-0.4, -0.2) is 14.8 Å². The number of rotatable bonds is 3. The van der Waals surface area contributed by atoms with E-state index in [4.69, 9.17) is 9.68 Å². The topological polar surface area (TPSA) is 84.7 Å². The van der Waals surface area contributed by atoms with E-state index < -0.39 is 0 Å². The summed E-state index contributed by atoms with van der Waals surface area (Å²) in [6.45, 7) is 3.84. The zero-order chi connectivity index (χ0) is 14.0. The maximum Gasteiger partial charge on any atom is 0.269 e. The molecule has 2 rings (SSSR count). The Balaban J connectivity index is 2.48. The van der Waals surface area contributed by atoms with Crippen molar-refractivity contribution in [3.63, 3.8) is 0 Å². The van der Waals surface area contributed by atoms with Crippen LogP contribution >= 0.6 is 15.9 Å². The van der Waals surface area contributed by atoms with Gasteiger partial charge in [-0.25, -0.2) is 0 Å². The summed E-state index contributed by atoms with van der Waals surface area (Å²) in [6, 6.07) is 3.39. The van der Waals surface area contributed by atoms with Gasteiger partial charge < -0.3 is 8.98 Å². The lowest BCUT2D eigenvalue weighted by molar-refractivity contribution is 0.437. The summed E-state index contributed by atoms with van der Waals surface area (Å²) < 4.78 is 7.51. The predicted octanol–water partition coefficient (Wildman–Crippen LogP) is 1.78. The Morgan fingerprint density at radius 2 is 2.16 bits per heavy atom. The lowest BCUT2D eigenvalue weighted by Gasteiger charge is -2.09. The molecule has 0 atom stereocenters. The molecule has 0 spiro atoms. The standard InChI is InChI=1S/C12H11BrN4O2/c1-3-10-15-16-11(19-10)6-17-7(2)9(13)4-8(5-14)12(17)18/h4H,3,6H2,1-2H3. The highest BCUT2D eigenvalue weighted by atomic mass is 79.9. The Kier molecular flexibility index (Phi) is 3.81. The molecule has 2 heterocycles. The second-order valence-corrected chi connectivity index (χ2v) is 4.79. The Bertz CT molecular complexity index is 711. The van der Waals surface area contributed by atoms with E-state index in [0.717, 1.165) is 0 Å². The molecular weight excluding hydrogens is 312 g/mol. The van der Waals surface area contributed by atoms with Gasteiger partial charge in [-0.2, -0.15) is 5.26 Å². The van der Waals surface area contributed by atoms with Crippen molar-refractivity contribution < 1.29 is 4.42 Å². The van der Waals surface area contributed by atoms with Crippen molar-refractivity contribution in [2.75, 3.05) is 0 Å². The average Bonchev–Trinajstić information content (AvgIpc) is 2.86. The summed E-state index contributed by atoms with van der Waals surface area (Å²) in [5.74, 6) is 0.875. The maximum absolute atomic E-state index is 12.1. The largest absolute Gasteiger partial charge is 0.423 e. The van der Waals surface area contributed by atoms with Crippen LogP contribution < -0.4 is 5.56 Å². The maximum atomic E-state index is 12.1. The summed E-state index contributed by atoms with van der Waals surface area (Å²) >= 11 is 3.33. The molecule has 0 aliphatic carbocycles. The fourth-order valence-electron chi connectivity index (χ4n) is 1.62. The first-order valence-corrected chi connectivity index (χ1v) is 6.47. The van der Waals surface area contributed by atoms with Crippen LogP contribution in [0.25, 0.3) is 0 Å². The Labute approximate surface area is 117 Å².